The quantitative estimate of drug-likeness (QED) is 0.453. The van der Waals surface area contributed by atoms with Crippen molar-refractivity contribution in [1.82, 2.24) is 0 Å². The van der Waals surface area contributed by atoms with Gasteiger partial charge in [-0.15, -0.1) is 0 Å². The van der Waals surface area contributed by atoms with Gasteiger partial charge in [0.25, 0.3) is 0 Å². The third kappa shape index (κ3) is 11.3. The molecule has 0 unspecified atom stereocenters. The third-order valence-corrected chi connectivity index (χ3v) is 1.97. The first-order valence-corrected chi connectivity index (χ1v) is 7.39. The molecule has 1 aromatic carbocycles. The highest BCUT2D eigenvalue weighted by molar-refractivity contribution is 5.23. The van der Waals surface area contributed by atoms with Crippen LogP contribution in [0.1, 0.15) is 47.1 Å². The van der Waals surface area contributed by atoms with E-state index >= 15 is 0 Å². The maximum atomic E-state index is 5.69. The molecule has 0 aliphatic rings. The number of ether oxygens (including phenoxy) is 1. The Morgan fingerprint density at radius 1 is 1.10 bits per heavy atom. The van der Waals surface area contributed by atoms with Gasteiger partial charge in [0.15, 0.2) is 0 Å². The Balaban J connectivity index is 0. The number of allylic oxidation sites excluding steroid dienone is 4. The van der Waals surface area contributed by atoms with Gasteiger partial charge >= 0.3 is 0 Å². The van der Waals surface area contributed by atoms with E-state index < -0.39 is 0 Å². The summed E-state index contributed by atoms with van der Waals surface area (Å²) in [6.45, 7) is 16.4. The molecule has 1 aromatic rings. The molecule has 112 valence electrons. The van der Waals surface area contributed by atoms with Crippen molar-refractivity contribution in [3.63, 3.8) is 0 Å². The van der Waals surface area contributed by atoms with Crippen molar-refractivity contribution >= 4 is 0 Å². The number of benzene rings is 1. The van der Waals surface area contributed by atoms with Crippen LogP contribution in [-0.4, -0.2) is 0 Å². The molecule has 0 aliphatic carbocycles. The lowest BCUT2D eigenvalue weighted by Crippen LogP contribution is -1.91. The summed E-state index contributed by atoms with van der Waals surface area (Å²) in [4.78, 5) is 0. The fraction of sp³-hybridized carbons (Fsp3) is 0.368. The molecule has 0 spiro atoms. The van der Waals surface area contributed by atoms with Crippen molar-refractivity contribution in [3.05, 3.63) is 72.0 Å². The summed E-state index contributed by atoms with van der Waals surface area (Å²) in [5, 5.41) is 0. The Kier molecular flexibility index (Phi) is 15.7. The highest BCUT2D eigenvalue weighted by Crippen LogP contribution is 2.09. The van der Waals surface area contributed by atoms with E-state index in [2.05, 4.69) is 6.58 Å². The zero-order valence-corrected chi connectivity index (χ0v) is 13.9. The summed E-state index contributed by atoms with van der Waals surface area (Å²) in [6.07, 6.45) is 5.83. The van der Waals surface area contributed by atoms with Crippen LogP contribution in [0.4, 0.5) is 0 Å². The van der Waals surface area contributed by atoms with Gasteiger partial charge in [-0.2, -0.15) is 0 Å². The molecule has 1 heteroatoms. The standard InChI is InChI=1S/C15H18O.2C2H6/c1-4-8-15(11-13(2)3)16-12-14-9-6-5-7-10-14;2*1-2/h4-11H,2,12H2,1,3H3;2*1-2H3/b8-4-,15-11+;;. The van der Waals surface area contributed by atoms with E-state index in [0.29, 0.717) is 6.61 Å². The van der Waals surface area contributed by atoms with Crippen molar-refractivity contribution in [2.24, 2.45) is 0 Å². The Morgan fingerprint density at radius 2 is 1.65 bits per heavy atom. The Hall–Kier alpha value is -1.76. The zero-order chi connectivity index (χ0) is 15.8. The van der Waals surface area contributed by atoms with Crippen LogP contribution < -0.4 is 0 Å². The summed E-state index contributed by atoms with van der Waals surface area (Å²) in [7, 11) is 0. The first-order valence-electron chi connectivity index (χ1n) is 7.39. The lowest BCUT2D eigenvalue weighted by molar-refractivity contribution is 0.211. The van der Waals surface area contributed by atoms with E-state index in [9.17, 15) is 0 Å². The van der Waals surface area contributed by atoms with E-state index in [1.54, 1.807) is 0 Å². The molecule has 0 saturated heterocycles. The molecular weight excluding hydrogens is 244 g/mol. The minimum Gasteiger partial charge on any atom is -0.489 e. The highest BCUT2D eigenvalue weighted by atomic mass is 16.5. The average Bonchev–Trinajstić information content (AvgIpc) is 2.50. The topological polar surface area (TPSA) is 9.23 Å². The van der Waals surface area contributed by atoms with E-state index in [1.807, 2.05) is 90.1 Å². The molecule has 0 fully saturated rings. The average molecular weight is 274 g/mol. The van der Waals surface area contributed by atoms with Crippen LogP contribution in [0.5, 0.6) is 0 Å². The Labute approximate surface area is 125 Å². The van der Waals surface area contributed by atoms with Gasteiger partial charge in [-0.1, -0.05) is 76.3 Å². The van der Waals surface area contributed by atoms with Crippen molar-refractivity contribution in [3.8, 4) is 0 Å². The van der Waals surface area contributed by atoms with Crippen LogP contribution in [0.2, 0.25) is 0 Å². The highest BCUT2D eigenvalue weighted by Gasteiger charge is 1.95. The van der Waals surface area contributed by atoms with Gasteiger partial charge in [0.2, 0.25) is 0 Å². The minimum absolute atomic E-state index is 0.588. The second kappa shape index (κ2) is 15.3. The summed E-state index contributed by atoms with van der Waals surface area (Å²) in [6, 6.07) is 10.1. The van der Waals surface area contributed by atoms with Crippen molar-refractivity contribution in [2.45, 2.75) is 48.1 Å². The lowest BCUT2D eigenvalue weighted by Gasteiger charge is -2.07. The normalized spacial score (nSPS) is 10.0. The molecule has 0 atom stereocenters. The van der Waals surface area contributed by atoms with Gasteiger partial charge in [-0.25, -0.2) is 0 Å². The lowest BCUT2D eigenvalue weighted by atomic mass is 10.2. The molecule has 0 bridgehead atoms. The molecule has 20 heavy (non-hydrogen) atoms. The molecule has 0 heterocycles. The van der Waals surface area contributed by atoms with E-state index in [1.165, 1.54) is 5.56 Å². The predicted octanol–water partition coefficient (Wildman–Crippen LogP) is 6.29. The molecule has 1 rings (SSSR count). The SMILES string of the molecule is C=C(C)/C=C(\C=C/C)OCc1ccccc1.CC.CC. The summed E-state index contributed by atoms with van der Waals surface area (Å²) in [5.41, 5.74) is 2.15. The third-order valence-electron chi connectivity index (χ3n) is 1.97. The largest absolute Gasteiger partial charge is 0.489 e. The van der Waals surface area contributed by atoms with E-state index in [4.69, 9.17) is 4.74 Å². The fourth-order valence-electron chi connectivity index (χ4n) is 1.29. The van der Waals surface area contributed by atoms with Crippen LogP contribution in [0, 0.1) is 0 Å². The van der Waals surface area contributed by atoms with Crippen LogP contribution in [-0.2, 0) is 11.3 Å². The van der Waals surface area contributed by atoms with Crippen molar-refractivity contribution in [2.75, 3.05) is 0 Å². The van der Waals surface area contributed by atoms with Gasteiger partial charge in [-0.05, 0) is 31.6 Å². The van der Waals surface area contributed by atoms with Crippen molar-refractivity contribution < 1.29 is 4.74 Å². The monoisotopic (exact) mass is 274 g/mol. The predicted molar refractivity (Wildman–Crippen MR) is 91.6 cm³/mol. The molecule has 1 nitrogen and oxygen atoms in total. The second-order valence-corrected chi connectivity index (χ2v) is 3.67. The fourth-order valence-corrected chi connectivity index (χ4v) is 1.29. The van der Waals surface area contributed by atoms with Crippen LogP contribution in [0.15, 0.2) is 66.5 Å². The molecule has 0 aromatic heterocycles. The van der Waals surface area contributed by atoms with Gasteiger partial charge in [0, 0.05) is 0 Å². The molecule has 0 amide bonds. The molecular formula is C19H30O. The van der Waals surface area contributed by atoms with E-state index in [0.717, 1.165) is 11.3 Å². The van der Waals surface area contributed by atoms with Gasteiger partial charge < -0.3 is 4.74 Å². The van der Waals surface area contributed by atoms with Gasteiger partial charge in [0.1, 0.15) is 12.4 Å². The maximum absolute atomic E-state index is 5.69. The summed E-state index contributed by atoms with van der Waals surface area (Å²) in [5.74, 6) is 0.846. The first-order chi connectivity index (χ1) is 9.72. The van der Waals surface area contributed by atoms with Crippen LogP contribution in [0.3, 0.4) is 0 Å². The Bertz CT molecular complexity index is 385. The molecule has 0 aliphatic heterocycles. The first kappa shape index (κ1) is 20.6. The van der Waals surface area contributed by atoms with Crippen LogP contribution >= 0.6 is 0 Å². The maximum Gasteiger partial charge on any atom is 0.119 e. The second-order valence-electron chi connectivity index (χ2n) is 3.67. The summed E-state index contributed by atoms with van der Waals surface area (Å²) < 4.78 is 5.69. The number of hydrogen-bond acceptors (Lipinski definition) is 1. The molecule has 0 saturated carbocycles. The molecule has 0 radical (unpaired) electrons. The van der Waals surface area contributed by atoms with Gasteiger partial charge in [0.05, 0.1) is 0 Å². The zero-order valence-electron chi connectivity index (χ0n) is 13.9. The number of hydrogen-bond donors (Lipinski definition) is 0. The molecule has 0 N–H and O–H groups in total. The summed E-state index contributed by atoms with van der Waals surface area (Å²) >= 11 is 0. The number of rotatable bonds is 5. The van der Waals surface area contributed by atoms with Crippen molar-refractivity contribution in [1.29, 1.82) is 0 Å². The van der Waals surface area contributed by atoms with E-state index in [-0.39, 0.29) is 0 Å². The van der Waals surface area contributed by atoms with Gasteiger partial charge in [-0.3, -0.25) is 0 Å². The Morgan fingerprint density at radius 3 is 2.10 bits per heavy atom. The van der Waals surface area contributed by atoms with Crippen LogP contribution in [0.25, 0.3) is 0 Å². The minimum atomic E-state index is 0.588. The smallest absolute Gasteiger partial charge is 0.119 e.